The van der Waals surface area contributed by atoms with Crippen LogP contribution < -0.4 is 0 Å². The Kier molecular flexibility index (Phi) is 2250. The number of hydrogen-bond acceptors (Lipinski definition) is 0. The Hall–Kier alpha value is 0.334. The molecule has 0 saturated heterocycles. The Morgan fingerprint density at radius 1 is 0.186 bits per heavy atom. The van der Waals surface area contributed by atoms with Gasteiger partial charge in [-0.2, -0.15) is 0 Å². The maximum Gasteiger partial charge on any atom is 0 e. The van der Waals surface area contributed by atoms with Crippen molar-refractivity contribution in [2.75, 3.05) is 0 Å². The van der Waals surface area contributed by atoms with Crippen LogP contribution >= 0.6 is 0 Å². The van der Waals surface area contributed by atoms with Crippen LogP contribution in [0.5, 0.6) is 0 Å². The van der Waals surface area contributed by atoms with Crippen molar-refractivity contribution in [2.45, 2.75) is 64.2 Å². The molecular formula is C23H20As2Fe3Mn2O13. The molecule has 8 radical (unpaired) electrons. The first kappa shape index (κ1) is 143. The van der Waals surface area contributed by atoms with E-state index in [4.69, 9.17) is 60.5 Å². The van der Waals surface area contributed by atoms with Crippen LogP contribution in [0.1, 0.15) is 64.2 Å². The summed E-state index contributed by atoms with van der Waals surface area (Å²) in [6.45, 7) is 58.5. The molecule has 0 aromatic heterocycles. The maximum absolute atomic E-state index is 7.50. The monoisotopic (exact) mass is 932 g/mol. The first-order chi connectivity index (χ1) is 18.0. The topological polar surface area (TPSA) is 259 Å². The summed E-state index contributed by atoms with van der Waals surface area (Å²) < 4.78 is 97.5. The van der Waals surface area contributed by atoms with Gasteiger partial charge in [-0.25, -0.2) is 0 Å². The predicted octanol–water partition coefficient (Wildman–Crippen LogP) is 2.64. The molecule has 43 heavy (non-hydrogen) atoms. The van der Waals surface area contributed by atoms with Crippen molar-refractivity contribution in [3.63, 3.8) is 0 Å². The molecule has 20 heteroatoms. The van der Waals surface area contributed by atoms with Crippen LogP contribution in [0.15, 0.2) is 0 Å². The van der Waals surface area contributed by atoms with E-state index in [1.54, 1.807) is 0 Å². The third-order valence-electron chi connectivity index (χ3n) is 2.50. The van der Waals surface area contributed by atoms with Gasteiger partial charge >= 0.3 is 147 Å². The quantitative estimate of drug-likeness (QED) is 0.193. The van der Waals surface area contributed by atoms with Gasteiger partial charge in [-0.05, 0) is 0 Å². The number of rotatable bonds is 0. The zero-order chi connectivity index (χ0) is 33.1. The van der Waals surface area contributed by atoms with Crippen LogP contribution in [0.4, 0.5) is 0 Å². The fourth-order valence-electron chi connectivity index (χ4n) is 1.77. The summed E-state index contributed by atoms with van der Waals surface area (Å²) in [6, 6.07) is 0. The minimum absolute atomic E-state index is 0. The van der Waals surface area contributed by atoms with E-state index in [9.17, 15) is 0 Å². The summed E-state index contributed by atoms with van der Waals surface area (Å²) in [6.07, 6.45) is 15.0. The second kappa shape index (κ2) is 677. The van der Waals surface area contributed by atoms with Crippen LogP contribution in [-0.2, 0) is 146 Å². The van der Waals surface area contributed by atoms with E-state index in [1.165, 1.54) is 64.2 Å². The van der Waals surface area contributed by atoms with Crippen LogP contribution in [0.25, 0.3) is 0 Å². The Morgan fingerprint density at radius 2 is 0.209 bits per heavy atom. The van der Waals surface area contributed by atoms with E-state index in [-0.39, 0.29) is 121 Å². The minimum Gasteiger partial charge on any atom is 0 e. The molecule has 0 atom stereocenters. The molecule has 2 aliphatic rings. The molecule has 238 valence electrons. The molecule has 2 fully saturated rings. The molecular weight excluding hydrogens is 911 g/mol. The van der Waals surface area contributed by atoms with Crippen molar-refractivity contribution in [1.29, 1.82) is 0 Å². The Morgan fingerprint density at radius 3 is 0.233 bits per heavy atom. The summed E-state index contributed by atoms with van der Waals surface area (Å²) >= 11 is 0. The molecule has 0 spiro atoms. The predicted molar refractivity (Wildman–Crippen MR) is 109 cm³/mol. The van der Waals surface area contributed by atoms with Gasteiger partial charge in [0.15, 0.2) is 0 Å². The molecule has 2 saturated carbocycles. The third-order valence-corrected chi connectivity index (χ3v) is 2.50. The molecule has 2 aliphatic carbocycles. The van der Waals surface area contributed by atoms with Crippen molar-refractivity contribution in [3.05, 3.63) is 86.5 Å². The average molecular weight is 932 g/mol. The van der Waals surface area contributed by atoms with Gasteiger partial charge in [0.25, 0.3) is 0 Å². The van der Waals surface area contributed by atoms with Gasteiger partial charge in [0.05, 0.1) is 0 Å². The normalized spacial score (nSPS) is 6.19. The first-order valence-electron chi connectivity index (χ1n) is 7.65. The van der Waals surface area contributed by atoms with Crippen LogP contribution in [0.3, 0.4) is 0 Å². The zero-order valence-corrected chi connectivity index (χ0v) is 31.0. The molecule has 0 bridgehead atoms. The van der Waals surface area contributed by atoms with Crippen LogP contribution in [0.2, 0.25) is 0 Å². The van der Waals surface area contributed by atoms with Crippen molar-refractivity contribution >= 4 is 35.9 Å². The molecule has 2 rings (SSSR count). The largest absolute Gasteiger partial charge is 0 e. The Balaban J connectivity index is -0.00000000741. The average Bonchev–Trinajstić information content (AvgIpc) is 3.86. The van der Waals surface area contributed by atoms with E-state index in [0.717, 1.165) is 0 Å². The van der Waals surface area contributed by atoms with Gasteiger partial charge in [0.1, 0.15) is 0 Å². The van der Waals surface area contributed by atoms with Gasteiger partial charge in [-0.1, -0.05) is 64.2 Å². The van der Waals surface area contributed by atoms with Gasteiger partial charge in [-0.15, -0.1) is 0 Å². The first-order valence-corrected chi connectivity index (χ1v) is 7.65. The van der Waals surface area contributed by atoms with Crippen molar-refractivity contribution in [1.82, 2.24) is 0 Å². The van der Waals surface area contributed by atoms with Crippen LogP contribution in [-0.4, -0.2) is 35.9 Å². The molecule has 0 heterocycles. The summed E-state index contributed by atoms with van der Waals surface area (Å²) in [5.41, 5.74) is 0. The molecule has 13 nitrogen and oxygen atoms in total. The van der Waals surface area contributed by atoms with Crippen LogP contribution in [0, 0.1) is 86.5 Å². The second-order valence-electron chi connectivity index (χ2n) is 3.54. The van der Waals surface area contributed by atoms with Crippen molar-refractivity contribution < 1.29 is 146 Å². The Bertz CT molecular complexity index is 383. The standard InChI is InChI=1S/2C5H10.13CO.2As.3Fe.2Mn/c2*1-2-4-5-3-1;13*1-2;;;;;;;/h2*1-5H2;;;;;;;;;;;;;;;;;;;;. The molecule has 0 amide bonds. The summed E-state index contributed by atoms with van der Waals surface area (Å²) in [7, 11) is 0. The number of hydrogen-bond donors (Lipinski definition) is 0. The summed E-state index contributed by atoms with van der Waals surface area (Å²) in [4.78, 5) is 0. The third kappa shape index (κ3) is 645. The summed E-state index contributed by atoms with van der Waals surface area (Å²) in [5.74, 6) is 0. The molecule has 0 unspecified atom stereocenters. The van der Waals surface area contributed by atoms with E-state index >= 15 is 0 Å². The second-order valence-corrected chi connectivity index (χ2v) is 3.54. The minimum atomic E-state index is 0. The van der Waals surface area contributed by atoms with Crippen molar-refractivity contribution in [3.8, 4) is 0 Å². The van der Waals surface area contributed by atoms with E-state index in [1.807, 2.05) is 0 Å². The fourth-order valence-corrected chi connectivity index (χ4v) is 1.77. The van der Waals surface area contributed by atoms with E-state index < -0.39 is 0 Å². The molecule has 0 N–H and O–H groups in total. The smallest absolute Gasteiger partial charge is 0 e. The van der Waals surface area contributed by atoms with Gasteiger partial charge < -0.3 is 0 Å². The summed E-state index contributed by atoms with van der Waals surface area (Å²) in [5, 5.41) is 0. The van der Waals surface area contributed by atoms with E-state index in [2.05, 4.69) is 86.5 Å². The van der Waals surface area contributed by atoms with Crippen molar-refractivity contribution in [2.24, 2.45) is 0 Å². The Labute approximate surface area is 329 Å². The van der Waals surface area contributed by atoms with Gasteiger partial charge in [-0.3, -0.25) is 0 Å². The molecule has 0 aliphatic heterocycles. The molecule has 0 aromatic rings. The van der Waals surface area contributed by atoms with E-state index in [0.29, 0.717) is 0 Å². The zero-order valence-electron chi connectivity index (χ0n) is 21.6. The SMILES string of the molecule is C1CCCC1.C1CCCC1.[As].[As].[C-]#[O+].[C-]#[O+].[C-]#[O+].[C-]#[O+].[C-]#[O+].[C-]#[O+].[C-]#[O+].[C-]#[O+].[C-]#[O+].[C-]#[O+].[C-]#[O+].[C-]#[O+].[C-]#[O+].[Fe].[Fe].[Fe].[Mn].[Mn]. The fraction of sp³-hybridized carbons (Fsp3) is 0.435. The maximum atomic E-state index is 7.50. The van der Waals surface area contributed by atoms with Gasteiger partial charge in [0, 0.05) is 121 Å². The van der Waals surface area contributed by atoms with Gasteiger partial charge in [0.2, 0.25) is 0 Å². The molecule has 0 aromatic carbocycles.